The maximum absolute atomic E-state index is 10.6. The monoisotopic (exact) mass is 287 g/mol. The molecule has 0 bridgehead atoms. The molecule has 2 aromatic rings. The topological polar surface area (TPSA) is 72.6 Å². The molecule has 0 radical (unpaired) electrons. The van der Waals surface area contributed by atoms with Crippen molar-refractivity contribution >= 4 is 5.69 Å². The normalized spacial score (nSPS) is 10.4. The Bertz CT molecular complexity index is 678. The zero-order valence-electron chi connectivity index (χ0n) is 12.2. The third kappa shape index (κ3) is 3.13. The molecule has 2 aromatic carbocycles. The molecule has 0 fully saturated rings. The number of hydrogen-bond acceptors (Lipinski definition) is 4. The number of aromatic hydroxyl groups is 1. The molecule has 1 N–H and O–H groups in total. The molecule has 0 aromatic heterocycles. The van der Waals surface area contributed by atoms with E-state index in [1.165, 1.54) is 12.1 Å². The number of rotatable bonds is 4. The Morgan fingerprint density at radius 1 is 1.14 bits per heavy atom. The molecule has 0 amide bonds. The summed E-state index contributed by atoms with van der Waals surface area (Å²) < 4.78 is 5.81. The molecule has 21 heavy (non-hydrogen) atoms. The second kappa shape index (κ2) is 5.83. The summed E-state index contributed by atoms with van der Waals surface area (Å²) in [5, 5.41) is 20.4. The Labute approximate surface area is 123 Å². The lowest BCUT2D eigenvalue weighted by Crippen LogP contribution is -2.00. The summed E-state index contributed by atoms with van der Waals surface area (Å²) in [5.41, 5.74) is 3.46. The van der Waals surface area contributed by atoms with E-state index in [1.54, 1.807) is 18.2 Å². The van der Waals surface area contributed by atoms with E-state index in [9.17, 15) is 15.2 Å². The number of benzene rings is 2. The van der Waals surface area contributed by atoms with Crippen molar-refractivity contribution in [1.82, 2.24) is 0 Å². The van der Waals surface area contributed by atoms with Gasteiger partial charge in [0, 0.05) is 12.1 Å². The zero-order chi connectivity index (χ0) is 15.6. The molecule has 0 aliphatic rings. The summed E-state index contributed by atoms with van der Waals surface area (Å²) in [6.07, 6.45) is 0. The predicted molar refractivity (Wildman–Crippen MR) is 79.7 cm³/mol. The highest BCUT2D eigenvalue weighted by Gasteiger charge is 2.11. The second-order valence-electron chi connectivity index (χ2n) is 5.00. The summed E-state index contributed by atoms with van der Waals surface area (Å²) in [5.74, 6) is 0.997. The van der Waals surface area contributed by atoms with Gasteiger partial charge >= 0.3 is 0 Å². The number of nitro groups is 1. The molecular weight excluding hydrogens is 270 g/mol. The van der Waals surface area contributed by atoms with Gasteiger partial charge in [0.1, 0.15) is 18.1 Å². The molecule has 110 valence electrons. The first-order valence-electron chi connectivity index (χ1n) is 6.56. The number of phenols is 1. The first-order chi connectivity index (χ1) is 9.90. The highest BCUT2D eigenvalue weighted by atomic mass is 16.6. The van der Waals surface area contributed by atoms with Crippen LogP contribution in [0.3, 0.4) is 0 Å². The Hall–Kier alpha value is -2.56. The number of phenolic OH excluding ortho intramolecular Hbond substituents is 1. The fourth-order valence-electron chi connectivity index (χ4n) is 2.13. The van der Waals surface area contributed by atoms with Gasteiger partial charge in [-0.2, -0.15) is 0 Å². The van der Waals surface area contributed by atoms with E-state index in [-0.39, 0.29) is 11.4 Å². The van der Waals surface area contributed by atoms with Crippen molar-refractivity contribution in [2.24, 2.45) is 0 Å². The molecule has 5 heteroatoms. The predicted octanol–water partition coefficient (Wildman–Crippen LogP) is 3.80. The number of nitrogens with zero attached hydrogens (tertiary/aromatic N) is 1. The van der Waals surface area contributed by atoms with Crippen LogP contribution in [-0.4, -0.2) is 10.0 Å². The third-order valence-corrected chi connectivity index (χ3v) is 3.53. The van der Waals surface area contributed by atoms with Crippen LogP contribution in [0.2, 0.25) is 0 Å². The Morgan fingerprint density at radius 3 is 2.33 bits per heavy atom. The zero-order valence-corrected chi connectivity index (χ0v) is 12.2. The molecule has 5 nitrogen and oxygen atoms in total. The number of ether oxygens (including phenoxy) is 1. The third-order valence-electron chi connectivity index (χ3n) is 3.53. The smallest absolute Gasteiger partial charge is 0.269 e. The van der Waals surface area contributed by atoms with Crippen LogP contribution >= 0.6 is 0 Å². The van der Waals surface area contributed by atoms with Crippen LogP contribution in [0.5, 0.6) is 11.5 Å². The number of aryl methyl sites for hydroxylation is 1. The van der Waals surface area contributed by atoms with E-state index >= 15 is 0 Å². The van der Waals surface area contributed by atoms with E-state index in [0.717, 1.165) is 28.0 Å². The van der Waals surface area contributed by atoms with Crippen molar-refractivity contribution in [1.29, 1.82) is 0 Å². The van der Waals surface area contributed by atoms with Gasteiger partial charge in [0.25, 0.3) is 5.69 Å². The molecule has 0 heterocycles. The fourth-order valence-corrected chi connectivity index (χ4v) is 2.13. The van der Waals surface area contributed by atoms with Crippen LogP contribution in [0, 0.1) is 30.9 Å². The highest BCUT2D eigenvalue weighted by molar-refractivity contribution is 5.51. The van der Waals surface area contributed by atoms with Gasteiger partial charge in [-0.15, -0.1) is 0 Å². The van der Waals surface area contributed by atoms with Crippen LogP contribution in [0.1, 0.15) is 22.3 Å². The first kappa shape index (κ1) is 14.8. The molecule has 0 saturated carbocycles. The second-order valence-corrected chi connectivity index (χ2v) is 5.00. The number of nitro benzene ring substituents is 1. The Morgan fingerprint density at radius 2 is 1.76 bits per heavy atom. The minimum absolute atomic E-state index is 0.0617. The van der Waals surface area contributed by atoms with Crippen LogP contribution in [0.15, 0.2) is 30.3 Å². The summed E-state index contributed by atoms with van der Waals surface area (Å²) in [6.45, 7) is 5.93. The molecule has 0 aliphatic carbocycles. The maximum atomic E-state index is 10.6. The molecule has 0 saturated heterocycles. The molecule has 0 atom stereocenters. The molecule has 0 aliphatic heterocycles. The maximum Gasteiger partial charge on any atom is 0.269 e. The van der Waals surface area contributed by atoms with Crippen LogP contribution < -0.4 is 4.74 Å². The van der Waals surface area contributed by atoms with Crippen molar-refractivity contribution in [3.05, 3.63) is 62.7 Å². The highest BCUT2D eigenvalue weighted by Crippen LogP contribution is 2.32. The van der Waals surface area contributed by atoms with E-state index in [1.807, 2.05) is 20.8 Å². The molecule has 0 spiro atoms. The average molecular weight is 287 g/mol. The van der Waals surface area contributed by atoms with Crippen molar-refractivity contribution < 1.29 is 14.8 Å². The van der Waals surface area contributed by atoms with E-state index in [4.69, 9.17) is 4.74 Å². The summed E-state index contributed by atoms with van der Waals surface area (Å²) >= 11 is 0. The quantitative estimate of drug-likeness (QED) is 0.685. The van der Waals surface area contributed by atoms with Gasteiger partial charge in [-0.1, -0.05) is 0 Å². The average Bonchev–Trinajstić information content (AvgIpc) is 2.45. The van der Waals surface area contributed by atoms with Gasteiger partial charge < -0.3 is 9.84 Å². The van der Waals surface area contributed by atoms with Gasteiger partial charge in [0.2, 0.25) is 0 Å². The number of non-ortho nitro benzene ring substituents is 1. The van der Waals surface area contributed by atoms with Gasteiger partial charge in [-0.25, -0.2) is 0 Å². The molecule has 0 unspecified atom stereocenters. The lowest BCUT2D eigenvalue weighted by atomic mass is 10.0. The summed E-state index contributed by atoms with van der Waals surface area (Å²) in [7, 11) is 0. The van der Waals surface area contributed by atoms with Crippen LogP contribution in [0.25, 0.3) is 0 Å². The van der Waals surface area contributed by atoms with E-state index < -0.39 is 4.92 Å². The number of hydrogen-bond donors (Lipinski definition) is 1. The largest absolute Gasteiger partial charge is 0.508 e. The van der Waals surface area contributed by atoms with Gasteiger partial charge in [-0.05, 0) is 61.2 Å². The minimum Gasteiger partial charge on any atom is -0.508 e. The standard InChI is InChI=1S/C16H17NO4/c1-10-8-15(18)11(2)12(3)16(10)21-9-13-4-6-14(7-5-13)17(19)20/h4-8,18H,9H2,1-3H3. The van der Waals surface area contributed by atoms with Crippen molar-refractivity contribution in [3.63, 3.8) is 0 Å². The fraction of sp³-hybridized carbons (Fsp3) is 0.250. The van der Waals surface area contributed by atoms with Crippen LogP contribution in [0.4, 0.5) is 5.69 Å². The van der Waals surface area contributed by atoms with Crippen molar-refractivity contribution in [2.45, 2.75) is 27.4 Å². The Kier molecular flexibility index (Phi) is 4.12. The minimum atomic E-state index is -0.428. The lowest BCUT2D eigenvalue weighted by molar-refractivity contribution is -0.384. The molecule has 2 rings (SSSR count). The summed E-state index contributed by atoms with van der Waals surface area (Å²) in [4.78, 5) is 10.2. The van der Waals surface area contributed by atoms with Crippen LogP contribution in [-0.2, 0) is 6.61 Å². The first-order valence-corrected chi connectivity index (χ1v) is 6.56. The van der Waals surface area contributed by atoms with Gasteiger partial charge in [0.15, 0.2) is 0 Å². The Balaban J connectivity index is 2.17. The summed E-state index contributed by atoms with van der Waals surface area (Å²) in [6, 6.07) is 7.95. The van der Waals surface area contributed by atoms with Crippen molar-refractivity contribution in [2.75, 3.05) is 0 Å². The van der Waals surface area contributed by atoms with Gasteiger partial charge in [-0.3, -0.25) is 10.1 Å². The van der Waals surface area contributed by atoms with Gasteiger partial charge in [0.05, 0.1) is 4.92 Å². The lowest BCUT2D eigenvalue weighted by Gasteiger charge is -2.15. The SMILES string of the molecule is Cc1cc(O)c(C)c(C)c1OCc1ccc([N+](=O)[O-])cc1. The van der Waals surface area contributed by atoms with E-state index in [0.29, 0.717) is 6.61 Å². The molecular formula is C16H17NO4. The van der Waals surface area contributed by atoms with Crippen molar-refractivity contribution in [3.8, 4) is 11.5 Å². The van der Waals surface area contributed by atoms with E-state index in [2.05, 4.69) is 0 Å².